The van der Waals surface area contributed by atoms with E-state index in [2.05, 4.69) is 0 Å². The number of rotatable bonds is 6. The van der Waals surface area contributed by atoms with E-state index in [1.807, 2.05) is 0 Å². The Kier molecular flexibility index (Phi) is 4.63. The third-order valence-electron chi connectivity index (χ3n) is 2.72. The molecule has 20 heavy (non-hydrogen) atoms. The maximum absolute atomic E-state index is 12.2. The average molecular weight is 270 g/mol. The predicted octanol–water partition coefficient (Wildman–Crippen LogP) is 2.12. The van der Waals surface area contributed by atoms with E-state index >= 15 is 0 Å². The van der Waals surface area contributed by atoms with Gasteiger partial charge in [0.15, 0.2) is 0 Å². The van der Waals surface area contributed by atoms with Crippen molar-refractivity contribution in [1.29, 1.82) is 0 Å². The molecule has 0 saturated heterocycles. The van der Waals surface area contributed by atoms with Crippen molar-refractivity contribution < 1.29 is 19.4 Å². The maximum atomic E-state index is 12.2. The predicted molar refractivity (Wildman–Crippen MR) is 74.1 cm³/mol. The number of carbonyl (C=O) groups excluding carboxylic acids is 2. The van der Waals surface area contributed by atoms with Crippen LogP contribution in [-0.4, -0.2) is 29.9 Å². The van der Waals surface area contributed by atoms with E-state index in [-0.39, 0.29) is 18.8 Å². The molecule has 0 aliphatic carbocycles. The van der Waals surface area contributed by atoms with Crippen molar-refractivity contribution in [2.45, 2.75) is 0 Å². The molecule has 0 atom stereocenters. The molecular weight excluding hydrogens is 256 g/mol. The lowest BCUT2D eigenvalue weighted by molar-refractivity contribution is 0.0813. The largest absolute Gasteiger partial charge is 0.490 e. The molecule has 1 N–H and O–H groups in total. The van der Waals surface area contributed by atoms with Crippen LogP contribution in [0.2, 0.25) is 0 Å². The number of benzene rings is 2. The molecule has 0 amide bonds. The molecule has 4 heteroatoms. The van der Waals surface area contributed by atoms with Crippen LogP contribution < -0.4 is 4.74 Å². The van der Waals surface area contributed by atoms with Gasteiger partial charge < -0.3 is 9.84 Å². The highest BCUT2D eigenvalue weighted by Gasteiger charge is 2.21. The van der Waals surface area contributed by atoms with Gasteiger partial charge in [-0.2, -0.15) is 0 Å². The van der Waals surface area contributed by atoms with Gasteiger partial charge in [-0.3, -0.25) is 9.59 Å². The summed E-state index contributed by atoms with van der Waals surface area (Å²) in [6.45, 7) is -0.0843. The zero-order chi connectivity index (χ0) is 14.4. The number of ketones is 2. The summed E-state index contributed by atoms with van der Waals surface area (Å²) in [5.74, 6) is -0.897. The molecule has 0 spiro atoms. The van der Waals surface area contributed by atoms with Crippen LogP contribution in [0.25, 0.3) is 0 Å². The summed E-state index contributed by atoms with van der Waals surface area (Å²) in [5, 5.41) is 8.77. The lowest BCUT2D eigenvalue weighted by Gasteiger charge is -2.09. The number of hydrogen-bond acceptors (Lipinski definition) is 4. The lowest BCUT2D eigenvalue weighted by Crippen LogP contribution is -2.16. The van der Waals surface area contributed by atoms with Crippen LogP contribution in [-0.2, 0) is 0 Å². The second-order valence-electron chi connectivity index (χ2n) is 4.09. The van der Waals surface area contributed by atoms with Crippen LogP contribution >= 0.6 is 0 Å². The summed E-state index contributed by atoms with van der Waals surface area (Å²) in [6.07, 6.45) is 0. The van der Waals surface area contributed by atoms with Crippen LogP contribution in [0.4, 0.5) is 0 Å². The monoisotopic (exact) mass is 270 g/mol. The van der Waals surface area contributed by atoms with Gasteiger partial charge in [-0.15, -0.1) is 0 Å². The molecule has 4 nitrogen and oxygen atoms in total. The third kappa shape index (κ3) is 3.10. The first-order valence-corrected chi connectivity index (χ1v) is 6.21. The minimum Gasteiger partial charge on any atom is -0.490 e. The van der Waals surface area contributed by atoms with Crippen LogP contribution in [0.5, 0.6) is 5.75 Å². The molecule has 102 valence electrons. The quantitative estimate of drug-likeness (QED) is 0.645. The van der Waals surface area contributed by atoms with E-state index in [9.17, 15) is 9.59 Å². The van der Waals surface area contributed by atoms with Crippen LogP contribution in [0.1, 0.15) is 20.7 Å². The fourth-order valence-electron chi connectivity index (χ4n) is 1.78. The average Bonchev–Trinajstić information content (AvgIpc) is 2.52. The molecule has 0 fully saturated rings. The fourth-order valence-corrected chi connectivity index (χ4v) is 1.78. The van der Waals surface area contributed by atoms with Crippen molar-refractivity contribution in [2.75, 3.05) is 13.2 Å². The maximum Gasteiger partial charge on any atom is 0.237 e. The van der Waals surface area contributed by atoms with Gasteiger partial charge in [0.05, 0.1) is 12.2 Å². The molecule has 0 radical (unpaired) electrons. The summed E-state index contributed by atoms with van der Waals surface area (Å²) in [7, 11) is 0. The van der Waals surface area contributed by atoms with Gasteiger partial charge in [-0.25, -0.2) is 0 Å². The van der Waals surface area contributed by atoms with Gasteiger partial charge in [0.25, 0.3) is 0 Å². The lowest BCUT2D eigenvalue weighted by atomic mass is 10.0. The van der Waals surface area contributed by atoms with Crippen molar-refractivity contribution in [1.82, 2.24) is 0 Å². The van der Waals surface area contributed by atoms with E-state index in [4.69, 9.17) is 9.84 Å². The van der Waals surface area contributed by atoms with Gasteiger partial charge in [-0.05, 0) is 12.1 Å². The van der Waals surface area contributed by atoms with Crippen molar-refractivity contribution >= 4 is 11.6 Å². The zero-order valence-corrected chi connectivity index (χ0v) is 10.8. The number of carbonyl (C=O) groups is 2. The number of aliphatic hydroxyl groups is 1. The minimum absolute atomic E-state index is 0.0732. The summed E-state index contributed by atoms with van der Waals surface area (Å²) < 4.78 is 5.27. The van der Waals surface area contributed by atoms with E-state index in [1.165, 1.54) is 6.07 Å². The smallest absolute Gasteiger partial charge is 0.237 e. The summed E-state index contributed by atoms with van der Waals surface area (Å²) in [6, 6.07) is 14.9. The highest BCUT2D eigenvalue weighted by molar-refractivity contribution is 6.49. The van der Waals surface area contributed by atoms with Crippen LogP contribution in [0.3, 0.4) is 0 Å². The molecule has 0 heterocycles. The van der Waals surface area contributed by atoms with E-state index in [1.54, 1.807) is 48.5 Å². The number of ether oxygens (including phenoxy) is 1. The Balaban J connectivity index is 2.27. The zero-order valence-electron chi connectivity index (χ0n) is 10.8. The highest BCUT2D eigenvalue weighted by atomic mass is 16.5. The number of para-hydroxylation sites is 1. The van der Waals surface area contributed by atoms with E-state index in [0.29, 0.717) is 11.3 Å². The van der Waals surface area contributed by atoms with Gasteiger partial charge in [0, 0.05) is 5.56 Å². The molecule has 0 unspecified atom stereocenters. The molecule has 0 aliphatic heterocycles. The Morgan fingerprint density at radius 1 is 0.900 bits per heavy atom. The fraction of sp³-hybridized carbons (Fsp3) is 0.125. The van der Waals surface area contributed by atoms with Gasteiger partial charge in [0.2, 0.25) is 11.6 Å². The molecule has 2 aromatic rings. The normalized spacial score (nSPS) is 10.1. The van der Waals surface area contributed by atoms with Gasteiger partial charge in [-0.1, -0.05) is 42.5 Å². The van der Waals surface area contributed by atoms with Crippen molar-refractivity contribution in [2.24, 2.45) is 0 Å². The number of hydrogen-bond donors (Lipinski definition) is 1. The molecular formula is C16H14O4. The Labute approximate surface area is 116 Å². The van der Waals surface area contributed by atoms with Crippen molar-refractivity contribution in [3.8, 4) is 5.75 Å². The molecule has 0 aromatic heterocycles. The number of Topliss-reactive ketones (excluding diaryl/α,β-unsaturated/α-hetero) is 2. The minimum atomic E-state index is -0.621. The topological polar surface area (TPSA) is 63.6 Å². The van der Waals surface area contributed by atoms with E-state index in [0.717, 1.165) is 0 Å². The summed E-state index contributed by atoms with van der Waals surface area (Å²) in [4.78, 5) is 24.4. The van der Waals surface area contributed by atoms with Crippen LogP contribution in [0, 0.1) is 0 Å². The Morgan fingerprint density at radius 3 is 2.25 bits per heavy atom. The first-order chi connectivity index (χ1) is 9.74. The Hall–Kier alpha value is -2.46. The molecule has 0 bridgehead atoms. The molecule has 2 rings (SSSR count). The second kappa shape index (κ2) is 6.63. The first-order valence-electron chi connectivity index (χ1n) is 6.21. The molecule has 2 aromatic carbocycles. The molecule has 0 saturated carbocycles. The van der Waals surface area contributed by atoms with Gasteiger partial charge in [0.1, 0.15) is 12.4 Å². The Morgan fingerprint density at radius 2 is 1.55 bits per heavy atom. The van der Waals surface area contributed by atoms with E-state index < -0.39 is 11.6 Å². The first kappa shape index (κ1) is 14.0. The van der Waals surface area contributed by atoms with Crippen LogP contribution in [0.15, 0.2) is 54.6 Å². The molecule has 0 aliphatic rings. The third-order valence-corrected chi connectivity index (χ3v) is 2.72. The second-order valence-corrected chi connectivity index (χ2v) is 4.09. The van der Waals surface area contributed by atoms with Crippen molar-refractivity contribution in [3.05, 3.63) is 65.7 Å². The van der Waals surface area contributed by atoms with Crippen molar-refractivity contribution in [3.63, 3.8) is 0 Å². The SMILES string of the molecule is O=C(C(=O)c1ccccc1OCCO)c1ccccc1. The highest BCUT2D eigenvalue weighted by Crippen LogP contribution is 2.20. The summed E-state index contributed by atoms with van der Waals surface area (Å²) in [5.41, 5.74) is 0.546. The summed E-state index contributed by atoms with van der Waals surface area (Å²) >= 11 is 0. The van der Waals surface area contributed by atoms with Gasteiger partial charge >= 0.3 is 0 Å². The Bertz CT molecular complexity index is 605. The standard InChI is InChI=1S/C16H14O4/c17-10-11-20-14-9-5-4-8-13(14)16(19)15(18)12-6-2-1-3-7-12/h1-9,17H,10-11H2. The number of aliphatic hydroxyl groups excluding tert-OH is 1.